The fourth-order valence-corrected chi connectivity index (χ4v) is 3.39. The maximum Gasteiger partial charge on any atom is 0.240 e. The van der Waals surface area contributed by atoms with Crippen molar-refractivity contribution in [3.05, 3.63) is 29.3 Å². The molecule has 0 bridgehead atoms. The molecule has 130 valence electrons. The highest BCUT2D eigenvalue weighted by molar-refractivity contribution is 7.89. The van der Waals surface area contributed by atoms with Gasteiger partial charge in [-0.05, 0) is 30.7 Å². The Kier molecular flexibility index (Phi) is 9.70. The molecule has 2 N–H and O–H groups in total. The van der Waals surface area contributed by atoms with Gasteiger partial charge in [-0.1, -0.05) is 0 Å². The van der Waals surface area contributed by atoms with Crippen LogP contribution in [0.15, 0.2) is 23.1 Å². The molecule has 0 unspecified atom stereocenters. The summed E-state index contributed by atoms with van der Waals surface area (Å²) in [5, 5.41) is 12.1. The molecule has 1 fully saturated rings. The standard InChI is InChI=1S/C14H20N4O2S.2ClH/c1-12-10-14(3-2-13(12)11-15)21(19,20)17-6-9-18-7-4-16-5-8-18;;/h2-3,10,16-17H,4-9H2,1H3;2*1H. The predicted octanol–water partition coefficient (Wildman–Crippen LogP) is 0.894. The van der Waals surface area contributed by atoms with Gasteiger partial charge < -0.3 is 5.32 Å². The average Bonchev–Trinajstić information content (AvgIpc) is 2.48. The van der Waals surface area contributed by atoms with Gasteiger partial charge in [0.25, 0.3) is 0 Å². The molecule has 0 aromatic heterocycles. The van der Waals surface area contributed by atoms with Gasteiger partial charge in [-0.2, -0.15) is 5.26 Å². The minimum Gasteiger partial charge on any atom is -0.314 e. The molecule has 1 aliphatic heterocycles. The zero-order valence-electron chi connectivity index (χ0n) is 12.9. The second-order valence-corrected chi connectivity index (χ2v) is 6.84. The van der Waals surface area contributed by atoms with Crippen molar-refractivity contribution >= 4 is 34.8 Å². The summed E-state index contributed by atoms with van der Waals surface area (Å²) in [7, 11) is -3.51. The van der Waals surface area contributed by atoms with Gasteiger partial charge >= 0.3 is 0 Å². The number of halogens is 2. The third-order valence-corrected chi connectivity index (χ3v) is 5.02. The summed E-state index contributed by atoms with van der Waals surface area (Å²) in [6.45, 7) is 6.61. The number of nitrogens with zero attached hydrogens (tertiary/aromatic N) is 2. The summed E-state index contributed by atoms with van der Waals surface area (Å²) in [4.78, 5) is 2.43. The topological polar surface area (TPSA) is 85.2 Å². The molecule has 2 rings (SSSR count). The van der Waals surface area contributed by atoms with Crippen molar-refractivity contribution < 1.29 is 8.42 Å². The largest absolute Gasteiger partial charge is 0.314 e. The molecule has 1 aromatic carbocycles. The minimum absolute atomic E-state index is 0. The minimum atomic E-state index is -3.51. The van der Waals surface area contributed by atoms with Gasteiger partial charge in [-0.3, -0.25) is 4.90 Å². The van der Waals surface area contributed by atoms with Crippen LogP contribution in [0.2, 0.25) is 0 Å². The molecule has 1 heterocycles. The molecular formula is C14H22Cl2N4O2S. The van der Waals surface area contributed by atoms with Crippen LogP contribution in [0, 0.1) is 18.3 Å². The van der Waals surface area contributed by atoms with Gasteiger partial charge in [-0.15, -0.1) is 24.8 Å². The van der Waals surface area contributed by atoms with E-state index in [4.69, 9.17) is 5.26 Å². The third kappa shape index (κ3) is 6.26. The first-order valence-electron chi connectivity index (χ1n) is 6.96. The molecule has 1 aromatic rings. The Morgan fingerprint density at radius 2 is 1.96 bits per heavy atom. The average molecular weight is 381 g/mol. The first-order chi connectivity index (χ1) is 10.0. The Morgan fingerprint density at radius 3 is 2.52 bits per heavy atom. The summed E-state index contributed by atoms with van der Waals surface area (Å²) in [5.41, 5.74) is 1.16. The number of nitriles is 1. The van der Waals surface area contributed by atoms with Crippen LogP contribution in [0.5, 0.6) is 0 Å². The Bertz CT molecular complexity index is 641. The predicted molar refractivity (Wildman–Crippen MR) is 94.9 cm³/mol. The van der Waals surface area contributed by atoms with E-state index in [1.807, 2.05) is 6.07 Å². The molecule has 0 saturated carbocycles. The van der Waals surface area contributed by atoms with Crippen molar-refractivity contribution in [3.63, 3.8) is 0 Å². The van der Waals surface area contributed by atoms with Crippen molar-refractivity contribution in [1.29, 1.82) is 5.26 Å². The zero-order valence-corrected chi connectivity index (χ0v) is 15.4. The summed E-state index contributed by atoms with van der Waals surface area (Å²) in [6.07, 6.45) is 0. The van der Waals surface area contributed by atoms with E-state index in [2.05, 4.69) is 14.9 Å². The lowest BCUT2D eigenvalue weighted by molar-refractivity contribution is 0.245. The molecule has 1 aliphatic rings. The van der Waals surface area contributed by atoms with Crippen LogP contribution in [0.3, 0.4) is 0 Å². The SMILES string of the molecule is Cc1cc(S(=O)(=O)NCCN2CCNCC2)ccc1C#N.Cl.Cl. The Labute approximate surface area is 150 Å². The Hall–Kier alpha value is -0.880. The number of hydrogen-bond donors (Lipinski definition) is 2. The molecule has 0 amide bonds. The summed E-state index contributed by atoms with van der Waals surface area (Å²) in [6, 6.07) is 6.58. The number of sulfonamides is 1. The second kappa shape index (κ2) is 10.1. The number of benzene rings is 1. The van der Waals surface area contributed by atoms with Crippen LogP contribution in [0.25, 0.3) is 0 Å². The highest BCUT2D eigenvalue weighted by atomic mass is 35.5. The molecular weight excluding hydrogens is 359 g/mol. The van der Waals surface area contributed by atoms with Crippen LogP contribution in [0.1, 0.15) is 11.1 Å². The Morgan fingerprint density at radius 1 is 1.30 bits per heavy atom. The molecule has 0 atom stereocenters. The van der Waals surface area contributed by atoms with Crippen LogP contribution in [-0.4, -0.2) is 52.6 Å². The molecule has 0 radical (unpaired) electrons. The zero-order chi connectivity index (χ0) is 15.3. The first kappa shape index (κ1) is 22.1. The number of piperazine rings is 1. The molecule has 23 heavy (non-hydrogen) atoms. The molecule has 0 spiro atoms. The van der Waals surface area contributed by atoms with Gasteiger partial charge in [0.2, 0.25) is 10.0 Å². The smallest absolute Gasteiger partial charge is 0.240 e. The van der Waals surface area contributed by atoms with E-state index in [0.717, 1.165) is 26.2 Å². The first-order valence-corrected chi connectivity index (χ1v) is 8.45. The van der Waals surface area contributed by atoms with E-state index >= 15 is 0 Å². The lowest BCUT2D eigenvalue weighted by Gasteiger charge is -2.27. The lowest BCUT2D eigenvalue weighted by Crippen LogP contribution is -2.46. The van der Waals surface area contributed by atoms with E-state index < -0.39 is 10.0 Å². The lowest BCUT2D eigenvalue weighted by atomic mass is 10.1. The monoisotopic (exact) mass is 380 g/mol. The quantitative estimate of drug-likeness (QED) is 0.792. The number of aryl methyl sites for hydroxylation is 1. The van der Waals surface area contributed by atoms with Crippen molar-refractivity contribution in [2.24, 2.45) is 0 Å². The summed E-state index contributed by atoms with van der Waals surface area (Å²) < 4.78 is 27.0. The molecule has 9 heteroatoms. The third-order valence-electron chi connectivity index (χ3n) is 3.56. The van der Waals surface area contributed by atoms with E-state index in [1.165, 1.54) is 12.1 Å². The van der Waals surface area contributed by atoms with Crippen molar-refractivity contribution in [1.82, 2.24) is 14.9 Å². The fourth-order valence-electron chi connectivity index (χ4n) is 2.28. The molecule has 0 aliphatic carbocycles. The summed E-state index contributed by atoms with van der Waals surface area (Å²) in [5.74, 6) is 0. The highest BCUT2D eigenvalue weighted by Crippen LogP contribution is 2.14. The molecule has 1 saturated heterocycles. The maximum absolute atomic E-state index is 12.2. The number of hydrogen-bond acceptors (Lipinski definition) is 5. The van der Waals surface area contributed by atoms with E-state index in [9.17, 15) is 8.42 Å². The maximum atomic E-state index is 12.2. The summed E-state index contributed by atoms with van der Waals surface area (Å²) >= 11 is 0. The molecule has 6 nitrogen and oxygen atoms in total. The van der Waals surface area contributed by atoms with Crippen LogP contribution < -0.4 is 10.0 Å². The van der Waals surface area contributed by atoms with Gasteiger partial charge in [-0.25, -0.2) is 13.1 Å². The number of rotatable bonds is 5. The van der Waals surface area contributed by atoms with Gasteiger partial charge in [0.1, 0.15) is 0 Å². The van der Waals surface area contributed by atoms with Crippen molar-refractivity contribution in [2.75, 3.05) is 39.3 Å². The van der Waals surface area contributed by atoms with Crippen LogP contribution >= 0.6 is 24.8 Å². The van der Waals surface area contributed by atoms with Gasteiger partial charge in [0, 0.05) is 39.3 Å². The van der Waals surface area contributed by atoms with Crippen LogP contribution in [-0.2, 0) is 10.0 Å². The van der Waals surface area contributed by atoms with E-state index in [1.54, 1.807) is 13.0 Å². The highest BCUT2D eigenvalue weighted by Gasteiger charge is 2.16. The van der Waals surface area contributed by atoms with Crippen molar-refractivity contribution in [2.45, 2.75) is 11.8 Å². The van der Waals surface area contributed by atoms with E-state index in [-0.39, 0.29) is 29.7 Å². The fraction of sp³-hybridized carbons (Fsp3) is 0.500. The van der Waals surface area contributed by atoms with E-state index in [0.29, 0.717) is 24.2 Å². The normalized spacial score (nSPS) is 15.1. The Balaban J connectivity index is 0.00000242. The van der Waals surface area contributed by atoms with Gasteiger partial charge in [0.05, 0.1) is 16.5 Å². The number of nitrogens with one attached hydrogen (secondary N) is 2. The van der Waals surface area contributed by atoms with Crippen molar-refractivity contribution in [3.8, 4) is 6.07 Å². The van der Waals surface area contributed by atoms with Crippen LogP contribution in [0.4, 0.5) is 0 Å². The second-order valence-electron chi connectivity index (χ2n) is 5.08. The van der Waals surface area contributed by atoms with Gasteiger partial charge in [0.15, 0.2) is 0 Å².